The van der Waals surface area contributed by atoms with E-state index in [4.69, 9.17) is 14.6 Å². The maximum Gasteiger partial charge on any atom is 0.323 e. The zero-order valence-corrected chi connectivity index (χ0v) is 11.6. The zero-order chi connectivity index (χ0) is 15.0. The number of carbonyl (C=O) groups is 2. The molecule has 1 atom stereocenters. The number of hydrogen-bond acceptors (Lipinski definition) is 5. The Hall–Kier alpha value is -2.44. The van der Waals surface area contributed by atoms with Crippen LogP contribution < -0.4 is 19.7 Å². The Bertz CT molecular complexity index is 601. The molecule has 1 amide bonds. The number of carboxylic acids is 1. The van der Waals surface area contributed by atoms with Gasteiger partial charge in [-0.2, -0.15) is 0 Å². The highest BCUT2D eigenvalue weighted by molar-refractivity contribution is 6.07. The van der Waals surface area contributed by atoms with Crippen LogP contribution in [0.5, 0.6) is 11.5 Å². The van der Waals surface area contributed by atoms with Crippen molar-refractivity contribution in [3.05, 3.63) is 12.1 Å². The number of nitrogens with one attached hydrogen (secondary N) is 1. The Morgan fingerprint density at radius 3 is 2.67 bits per heavy atom. The van der Waals surface area contributed by atoms with Gasteiger partial charge in [0.05, 0.1) is 11.4 Å². The molecule has 0 spiro atoms. The normalized spacial score (nSPS) is 19.8. The van der Waals surface area contributed by atoms with Crippen molar-refractivity contribution in [1.29, 1.82) is 0 Å². The topological polar surface area (TPSA) is 88.1 Å². The molecule has 0 saturated carbocycles. The molecule has 21 heavy (non-hydrogen) atoms. The molecule has 0 fully saturated rings. The molecule has 112 valence electrons. The van der Waals surface area contributed by atoms with Crippen molar-refractivity contribution in [2.24, 2.45) is 0 Å². The molecular formula is C14H16N2O5. The van der Waals surface area contributed by atoms with Gasteiger partial charge in [0.1, 0.15) is 25.8 Å². The lowest BCUT2D eigenvalue weighted by molar-refractivity contribution is -0.136. The minimum Gasteiger partial charge on any atom is -0.486 e. The fourth-order valence-electron chi connectivity index (χ4n) is 2.55. The molecule has 2 aliphatic heterocycles. The molecule has 0 bridgehead atoms. The van der Waals surface area contributed by atoms with E-state index in [1.807, 2.05) is 6.92 Å². The number of carboxylic acid groups (broad SMARTS) is 1. The van der Waals surface area contributed by atoms with Gasteiger partial charge in [0.15, 0.2) is 11.5 Å². The zero-order valence-electron chi connectivity index (χ0n) is 11.6. The molecular weight excluding hydrogens is 276 g/mol. The summed E-state index contributed by atoms with van der Waals surface area (Å²) in [7, 11) is 0. The van der Waals surface area contributed by atoms with Crippen molar-refractivity contribution in [1.82, 2.24) is 0 Å². The number of ether oxygens (including phenoxy) is 2. The van der Waals surface area contributed by atoms with Crippen LogP contribution in [0.1, 0.15) is 13.3 Å². The molecule has 1 unspecified atom stereocenters. The average molecular weight is 292 g/mol. The van der Waals surface area contributed by atoms with Gasteiger partial charge in [-0.15, -0.1) is 0 Å². The Morgan fingerprint density at radius 1 is 1.38 bits per heavy atom. The van der Waals surface area contributed by atoms with E-state index in [1.54, 1.807) is 12.1 Å². The number of aliphatic carboxylic acids is 1. The third kappa shape index (κ3) is 2.35. The lowest BCUT2D eigenvalue weighted by Crippen LogP contribution is -2.48. The van der Waals surface area contributed by atoms with Gasteiger partial charge in [-0.1, -0.05) is 6.92 Å². The summed E-state index contributed by atoms with van der Waals surface area (Å²) in [4.78, 5) is 24.7. The van der Waals surface area contributed by atoms with Gasteiger partial charge in [-0.05, 0) is 6.42 Å². The fraction of sp³-hybridized carbons (Fsp3) is 0.429. The predicted molar refractivity (Wildman–Crippen MR) is 75.1 cm³/mol. The van der Waals surface area contributed by atoms with E-state index in [0.717, 1.165) is 0 Å². The van der Waals surface area contributed by atoms with Crippen LogP contribution in [-0.4, -0.2) is 42.8 Å². The van der Waals surface area contributed by atoms with Crippen molar-refractivity contribution < 1.29 is 24.2 Å². The van der Waals surface area contributed by atoms with E-state index in [2.05, 4.69) is 5.32 Å². The van der Waals surface area contributed by atoms with E-state index in [-0.39, 0.29) is 12.5 Å². The highest BCUT2D eigenvalue weighted by Crippen LogP contribution is 2.42. The number of anilines is 2. The van der Waals surface area contributed by atoms with Crippen molar-refractivity contribution >= 4 is 23.3 Å². The molecule has 0 radical (unpaired) electrons. The minimum absolute atomic E-state index is 0.246. The van der Waals surface area contributed by atoms with Crippen LogP contribution in [0.4, 0.5) is 11.4 Å². The third-order valence-corrected chi connectivity index (χ3v) is 3.55. The van der Waals surface area contributed by atoms with Crippen LogP contribution in [0.3, 0.4) is 0 Å². The van der Waals surface area contributed by atoms with Gasteiger partial charge in [-0.3, -0.25) is 14.5 Å². The number of fused-ring (bicyclic) bond motifs is 2. The van der Waals surface area contributed by atoms with Crippen molar-refractivity contribution in [2.75, 3.05) is 30.0 Å². The molecule has 0 aliphatic carbocycles. The maximum absolute atomic E-state index is 12.4. The van der Waals surface area contributed by atoms with Gasteiger partial charge in [0.25, 0.3) is 0 Å². The van der Waals surface area contributed by atoms with Crippen molar-refractivity contribution in [2.45, 2.75) is 19.4 Å². The van der Waals surface area contributed by atoms with Crippen LogP contribution in [-0.2, 0) is 9.59 Å². The Labute approximate surface area is 121 Å². The van der Waals surface area contributed by atoms with Gasteiger partial charge >= 0.3 is 5.97 Å². The van der Waals surface area contributed by atoms with Crippen molar-refractivity contribution in [3.8, 4) is 11.5 Å². The molecule has 3 rings (SSSR count). The van der Waals surface area contributed by atoms with E-state index < -0.39 is 12.0 Å². The Morgan fingerprint density at radius 2 is 2.05 bits per heavy atom. The SMILES string of the molecule is CCC1Nc2cc3c(cc2N(CC(=O)O)C1=O)OCCO3. The maximum atomic E-state index is 12.4. The average Bonchev–Trinajstić information content (AvgIpc) is 2.48. The summed E-state index contributed by atoms with van der Waals surface area (Å²) in [5, 5.41) is 12.2. The summed E-state index contributed by atoms with van der Waals surface area (Å²) in [6.45, 7) is 2.41. The largest absolute Gasteiger partial charge is 0.486 e. The fourth-order valence-corrected chi connectivity index (χ4v) is 2.55. The number of benzene rings is 1. The summed E-state index contributed by atoms with van der Waals surface area (Å²) < 4.78 is 11.0. The number of hydrogen-bond donors (Lipinski definition) is 2. The van der Waals surface area contributed by atoms with Crippen LogP contribution >= 0.6 is 0 Å². The smallest absolute Gasteiger partial charge is 0.323 e. The van der Waals surface area contributed by atoms with Crippen LogP contribution in [0.25, 0.3) is 0 Å². The van der Waals surface area contributed by atoms with Crippen LogP contribution in [0.15, 0.2) is 12.1 Å². The molecule has 2 heterocycles. The molecule has 0 saturated heterocycles. The number of nitrogens with zero attached hydrogens (tertiary/aromatic N) is 1. The Kier molecular flexibility index (Phi) is 3.32. The molecule has 1 aromatic carbocycles. The quantitative estimate of drug-likeness (QED) is 0.866. The minimum atomic E-state index is -1.05. The van der Waals surface area contributed by atoms with Crippen LogP contribution in [0, 0.1) is 0 Å². The standard InChI is InChI=1S/C14H16N2O5/c1-2-8-14(19)16(7-13(17)18)10-6-12-11(5-9(10)15-8)20-3-4-21-12/h5-6,8,15H,2-4,7H2,1H3,(H,17,18). The molecule has 2 N–H and O–H groups in total. The lowest BCUT2D eigenvalue weighted by Gasteiger charge is -2.35. The predicted octanol–water partition coefficient (Wildman–Crippen LogP) is 1.08. The first-order chi connectivity index (χ1) is 10.1. The second kappa shape index (κ2) is 5.16. The van der Waals surface area contributed by atoms with Gasteiger partial charge in [0, 0.05) is 12.1 Å². The summed E-state index contributed by atoms with van der Waals surface area (Å²) >= 11 is 0. The second-order valence-electron chi connectivity index (χ2n) is 4.94. The molecule has 2 aliphatic rings. The molecule has 1 aromatic rings. The first kappa shape index (κ1) is 13.5. The molecule has 0 aromatic heterocycles. The monoisotopic (exact) mass is 292 g/mol. The van der Waals surface area contributed by atoms with Gasteiger partial charge in [0.2, 0.25) is 5.91 Å². The number of amides is 1. The third-order valence-electron chi connectivity index (χ3n) is 3.55. The highest BCUT2D eigenvalue weighted by atomic mass is 16.6. The van der Waals surface area contributed by atoms with E-state index in [9.17, 15) is 9.59 Å². The van der Waals surface area contributed by atoms with E-state index in [1.165, 1.54) is 4.90 Å². The van der Waals surface area contributed by atoms with E-state index >= 15 is 0 Å². The second-order valence-corrected chi connectivity index (χ2v) is 4.94. The Balaban J connectivity index is 2.06. The lowest BCUT2D eigenvalue weighted by atomic mass is 10.1. The summed E-state index contributed by atoms with van der Waals surface area (Å²) in [6.07, 6.45) is 0.572. The first-order valence-corrected chi connectivity index (χ1v) is 6.83. The molecule has 7 heteroatoms. The summed E-state index contributed by atoms with van der Waals surface area (Å²) in [5.41, 5.74) is 1.20. The van der Waals surface area contributed by atoms with E-state index in [0.29, 0.717) is 42.5 Å². The first-order valence-electron chi connectivity index (χ1n) is 6.83. The van der Waals surface area contributed by atoms with Gasteiger partial charge < -0.3 is 19.9 Å². The number of rotatable bonds is 3. The summed E-state index contributed by atoms with van der Waals surface area (Å²) in [5.74, 6) is -0.170. The number of carbonyl (C=O) groups excluding carboxylic acids is 1. The summed E-state index contributed by atoms with van der Waals surface area (Å²) in [6, 6.07) is 2.98. The molecule has 7 nitrogen and oxygen atoms in total. The van der Waals surface area contributed by atoms with Crippen molar-refractivity contribution in [3.63, 3.8) is 0 Å². The highest BCUT2D eigenvalue weighted by Gasteiger charge is 2.34. The van der Waals surface area contributed by atoms with Gasteiger partial charge in [-0.25, -0.2) is 0 Å². The van der Waals surface area contributed by atoms with Crippen LogP contribution in [0.2, 0.25) is 0 Å².